The minimum atomic E-state index is 0.242. The second-order valence-electron chi connectivity index (χ2n) is 6.57. The Labute approximate surface area is 130 Å². The van der Waals surface area contributed by atoms with Gasteiger partial charge in [0, 0.05) is 5.54 Å². The van der Waals surface area contributed by atoms with Crippen molar-refractivity contribution in [3.05, 3.63) is 23.8 Å². The van der Waals surface area contributed by atoms with E-state index in [2.05, 4.69) is 51.7 Å². The summed E-state index contributed by atoms with van der Waals surface area (Å²) in [6.45, 7) is 14.1. The molecule has 3 heteroatoms. The maximum Gasteiger partial charge on any atom is 0.142 e. The van der Waals surface area contributed by atoms with E-state index in [1.54, 1.807) is 0 Å². The molecule has 120 valence electrons. The first-order valence-corrected chi connectivity index (χ1v) is 8.14. The Bertz CT molecular complexity index is 424. The second kappa shape index (κ2) is 8.28. The van der Waals surface area contributed by atoms with E-state index in [0.717, 1.165) is 50.4 Å². The van der Waals surface area contributed by atoms with Crippen LogP contribution in [0, 0.1) is 0 Å². The standard InChI is InChI=1S/C18H32N2O/c1-6-13-21-17-11-10-15(14-16(17)19)9-8-12-20(7-2)18(3,4)5/h10-11,14H,6-9,12-13,19H2,1-5H3. The van der Waals surface area contributed by atoms with Crippen molar-refractivity contribution in [1.82, 2.24) is 4.90 Å². The van der Waals surface area contributed by atoms with Gasteiger partial charge in [-0.1, -0.05) is 19.9 Å². The van der Waals surface area contributed by atoms with Gasteiger partial charge in [0.25, 0.3) is 0 Å². The van der Waals surface area contributed by atoms with E-state index in [4.69, 9.17) is 10.5 Å². The lowest BCUT2D eigenvalue weighted by atomic mass is 10.0. The molecule has 21 heavy (non-hydrogen) atoms. The zero-order chi connectivity index (χ0) is 15.9. The predicted molar refractivity (Wildman–Crippen MR) is 92.0 cm³/mol. The van der Waals surface area contributed by atoms with E-state index in [1.165, 1.54) is 5.56 Å². The molecule has 0 aliphatic heterocycles. The van der Waals surface area contributed by atoms with Gasteiger partial charge in [0.15, 0.2) is 0 Å². The van der Waals surface area contributed by atoms with Crippen LogP contribution in [-0.4, -0.2) is 30.1 Å². The number of aryl methyl sites for hydroxylation is 1. The zero-order valence-electron chi connectivity index (χ0n) is 14.4. The highest BCUT2D eigenvalue weighted by molar-refractivity contribution is 5.54. The summed E-state index contributed by atoms with van der Waals surface area (Å²) in [7, 11) is 0. The molecular formula is C18H32N2O. The monoisotopic (exact) mass is 292 g/mol. The van der Waals surface area contributed by atoms with E-state index < -0.39 is 0 Å². The van der Waals surface area contributed by atoms with Gasteiger partial charge in [0.2, 0.25) is 0 Å². The molecule has 0 unspecified atom stereocenters. The third kappa shape index (κ3) is 5.96. The number of anilines is 1. The van der Waals surface area contributed by atoms with Crippen LogP contribution < -0.4 is 10.5 Å². The summed E-state index contributed by atoms with van der Waals surface area (Å²) in [5.41, 5.74) is 8.34. The largest absolute Gasteiger partial charge is 0.491 e. The Balaban J connectivity index is 2.51. The average molecular weight is 292 g/mol. The smallest absolute Gasteiger partial charge is 0.142 e. The van der Waals surface area contributed by atoms with Crippen molar-refractivity contribution in [2.24, 2.45) is 0 Å². The van der Waals surface area contributed by atoms with Crippen molar-refractivity contribution >= 4 is 5.69 Å². The van der Waals surface area contributed by atoms with Crippen LogP contribution in [0.2, 0.25) is 0 Å². The van der Waals surface area contributed by atoms with E-state index in [0.29, 0.717) is 0 Å². The van der Waals surface area contributed by atoms with Gasteiger partial charge in [-0.05, 0) is 70.8 Å². The predicted octanol–water partition coefficient (Wildman–Crippen LogP) is 4.11. The maximum atomic E-state index is 6.05. The number of nitrogens with two attached hydrogens (primary N) is 1. The third-order valence-electron chi connectivity index (χ3n) is 3.76. The molecule has 1 rings (SSSR count). The number of nitrogens with zero attached hydrogens (tertiary/aromatic N) is 1. The fourth-order valence-electron chi connectivity index (χ4n) is 2.54. The van der Waals surface area contributed by atoms with Crippen LogP contribution in [0.25, 0.3) is 0 Å². The summed E-state index contributed by atoms with van der Waals surface area (Å²) in [6, 6.07) is 6.19. The SMILES string of the molecule is CCCOc1ccc(CCCN(CC)C(C)(C)C)cc1N. The first-order valence-electron chi connectivity index (χ1n) is 8.14. The van der Waals surface area contributed by atoms with Crippen LogP contribution in [-0.2, 0) is 6.42 Å². The summed E-state index contributed by atoms with van der Waals surface area (Å²) >= 11 is 0. The van der Waals surface area contributed by atoms with E-state index in [9.17, 15) is 0 Å². The number of hydrogen-bond acceptors (Lipinski definition) is 3. The lowest BCUT2D eigenvalue weighted by Gasteiger charge is -2.34. The van der Waals surface area contributed by atoms with Gasteiger partial charge in [-0.25, -0.2) is 0 Å². The fourth-order valence-corrected chi connectivity index (χ4v) is 2.54. The molecular weight excluding hydrogens is 260 g/mol. The Hall–Kier alpha value is -1.22. The van der Waals surface area contributed by atoms with Crippen molar-refractivity contribution in [3.8, 4) is 5.75 Å². The maximum absolute atomic E-state index is 6.05. The van der Waals surface area contributed by atoms with E-state index in [-0.39, 0.29) is 5.54 Å². The molecule has 0 bridgehead atoms. The highest BCUT2D eigenvalue weighted by Gasteiger charge is 2.18. The Morgan fingerprint density at radius 2 is 1.90 bits per heavy atom. The highest BCUT2D eigenvalue weighted by atomic mass is 16.5. The molecule has 2 N–H and O–H groups in total. The number of rotatable bonds is 8. The number of benzene rings is 1. The summed E-state index contributed by atoms with van der Waals surface area (Å²) in [6.07, 6.45) is 3.21. The van der Waals surface area contributed by atoms with Crippen molar-refractivity contribution in [1.29, 1.82) is 0 Å². The minimum absolute atomic E-state index is 0.242. The molecule has 0 spiro atoms. The van der Waals surface area contributed by atoms with Gasteiger partial charge in [0.1, 0.15) is 5.75 Å². The third-order valence-corrected chi connectivity index (χ3v) is 3.76. The Morgan fingerprint density at radius 1 is 1.19 bits per heavy atom. The van der Waals surface area contributed by atoms with Crippen LogP contribution in [0.5, 0.6) is 5.75 Å². The van der Waals surface area contributed by atoms with Crippen LogP contribution >= 0.6 is 0 Å². The van der Waals surface area contributed by atoms with Gasteiger partial charge >= 0.3 is 0 Å². The normalized spacial score (nSPS) is 11.9. The molecule has 0 aliphatic rings. The van der Waals surface area contributed by atoms with Crippen LogP contribution in [0.4, 0.5) is 5.69 Å². The lowest BCUT2D eigenvalue weighted by molar-refractivity contribution is 0.143. The molecule has 0 saturated heterocycles. The van der Waals surface area contributed by atoms with Crippen LogP contribution in [0.3, 0.4) is 0 Å². The first kappa shape index (κ1) is 17.8. The van der Waals surface area contributed by atoms with Crippen molar-refractivity contribution in [3.63, 3.8) is 0 Å². The van der Waals surface area contributed by atoms with Gasteiger partial charge < -0.3 is 10.5 Å². The molecule has 1 aromatic rings. The molecule has 0 amide bonds. The highest BCUT2D eigenvalue weighted by Crippen LogP contribution is 2.23. The minimum Gasteiger partial charge on any atom is -0.491 e. The van der Waals surface area contributed by atoms with Crippen LogP contribution in [0.1, 0.15) is 53.0 Å². The topological polar surface area (TPSA) is 38.5 Å². The molecule has 0 heterocycles. The first-order chi connectivity index (χ1) is 9.88. The van der Waals surface area contributed by atoms with Gasteiger partial charge in [-0.2, -0.15) is 0 Å². The number of nitrogen functional groups attached to an aromatic ring is 1. The van der Waals surface area contributed by atoms with Crippen molar-refractivity contribution < 1.29 is 4.74 Å². The van der Waals surface area contributed by atoms with E-state index >= 15 is 0 Å². The molecule has 0 atom stereocenters. The molecule has 0 radical (unpaired) electrons. The molecule has 1 aromatic carbocycles. The van der Waals surface area contributed by atoms with Gasteiger partial charge in [-0.15, -0.1) is 0 Å². The van der Waals surface area contributed by atoms with E-state index in [1.807, 2.05) is 6.07 Å². The zero-order valence-corrected chi connectivity index (χ0v) is 14.4. The molecule has 0 fully saturated rings. The summed E-state index contributed by atoms with van der Waals surface area (Å²) in [5, 5.41) is 0. The van der Waals surface area contributed by atoms with Gasteiger partial charge in [-0.3, -0.25) is 4.90 Å². The fraction of sp³-hybridized carbons (Fsp3) is 0.667. The van der Waals surface area contributed by atoms with Crippen LogP contribution in [0.15, 0.2) is 18.2 Å². The number of hydrogen-bond donors (Lipinski definition) is 1. The molecule has 0 saturated carbocycles. The average Bonchev–Trinajstić information content (AvgIpc) is 2.41. The molecule has 0 aliphatic carbocycles. The molecule has 0 aromatic heterocycles. The Kier molecular flexibility index (Phi) is 7.03. The number of ether oxygens (including phenoxy) is 1. The summed E-state index contributed by atoms with van der Waals surface area (Å²) in [5.74, 6) is 0.811. The molecule has 3 nitrogen and oxygen atoms in total. The van der Waals surface area contributed by atoms with Crippen molar-refractivity contribution in [2.45, 2.75) is 59.4 Å². The second-order valence-corrected chi connectivity index (χ2v) is 6.57. The quantitative estimate of drug-likeness (QED) is 0.733. The lowest BCUT2D eigenvalue weighted by Crippen LogP contribution is -2.41. The summed E-state index contributed by atoms with van der Waals surface area (Å²) in [4.78, 5) is 2.51. The van der Waals surface area contributed by atoms with Crippen molar-refractivity contribution in [2.75, 3.05) is 25.4 Å². The van der Waals surface area contributed by atoms with Gasteiger partial charge in [0.05, 0.1) is 12.3 Å². The summed E-state index contributed by atoms with van der Waals surface area (Å²) < 4.78 is 5.61. The Morgan fingerprint density at radius 3 is 2.43 bits per heavy atom.